The lowest BCUT2D eigenvalue weighted by molar-refractivity contribution is -0.134. The lowest BCUT2D eigenvalue weighted by Crippen LogP contribution is -2.45. The molecule has 114 valence electrons. The molecule has 0 bridgehead atoms. The average Bonchev–Trinajstić information content (AvgIpc) is 2.50. The van der Waals surface area contributed by atoms with Crippen LogP contribution in [0, 0.1) is 12.3 Å². The van der Waals surface area contributed by atoms with E-state index >= 15 is 0 Å². The standard InChI is InChI=1S/C17H19N3O2/c1-11-3-4-12-10-18-7-5-13(12)15(11)20-16(22)17(2)6-8-19-14(21)9-17/h3-5,7,10H,6,8-9H2,1-2H3,(H,19,21)(H,20,22). The molecule has 1 aliphatic heterocycles. The van der Waals surface area contributed by atoms with Gasteiger partial charge < -0.3 is 10.6 Å². The molecule has 1 saturated heterocycles. The Bertz CT molecular complexity index is 757. The fourth-order valence-electron chi connectivity index (χ4n) is 2.88. The minimum atomic E-state index is -0.663. The fourth-order valence-corrected chi connectivity index (χ4v) is 2.88. The highest BCUT2D eigenvalue weighted by Crippen LogP contribution is 2.33. The second kappa shape index (κ2) is 5.40. The molecule has 0 radical (unpaired) electrons. The predicted octanol–water partition coefficient (Wildman–Crippen LogP) is 2.40. The van der Waals surface area contributed by atoms with Gasteiger partial charge in [-0.1, -0.05) is 19.1 Å². The van der Waals surface area contributed by atoms with Crippen LogP contribution in [0.1, 0.15) is 25.3 Å². The van der Waals surface area contributed by atoms with E-state index in [-0.39, 0.29) is 18.2 Å². The van der Waals surface area contributed by atoms with Gasteiger partial charge in [0.1, 0.15) is 0 Å². The van der Waals surface area contributed by atoms with Gasteiger partial charge in [0.2, 0.25) is 11.8 Å². The second-order valence-electron chi connectivity index (χ2n) is 6.15. The first kappa shape index (κ1) is 14.5. The number of nitrogens with one attached hydrogen (secondary N) is 2. The zero-order chi connectivity index (χ0) is 15.7. The van der Waals surface area contributed by atoms with E-state index in [1.165, 1.54) is 0 Å². The highest BCUT2D eigenvalue weighted by atomic mass is 16.2. The van der Waals surface area contributed by atoms with Crippen LogP contribution in [0.3, 0.4) is 0 Å². The molecular formula is C17H19N3O2. The van der Waals surface area contributed by atoms with Gasteiger partial charge in [0, 0.05) is 36.1 Å². The number of amides is 2. The molecule has 1 aromatic carbocycles. The lowest BCUT2D eigenvalue weighted by atomic mass is 9.79. The number of carbonyl (C=O) groups excluding carboxylic acids is 2. The van der Waals surface area contributed by atoms with Crippen molar-refractivity contribution >= 4 is 28.3 Å². The Morgan fingerprint density at radius 3 is 2.95 bits per heavy atom. The van der Waals surface area contributed by atoms with Crippen molar-refractivity contribution in [1.82, 2.24) is 10.3 Å². The fraction of sp³-hybridized carbons (Fsp3) is 0.353. The van der Waals surface area contributed by atoms with Crippen LogP contribution in [-0.2, 0) is 9.59 Å². The van der Waals surface area contributed by atoms with Crippen molar-refractivity contribution in [3.63, 3.8) is 0 Å². The summed E-state index contributed by atoms with van der Waals surface area (Å²) in [5, 5.41) is 7.75. The third-order valence-electron chi connectivity index (χ3n) is 4.36. The summed E-state index contributed by atoms with van der Waals surface area (Å²) in [5.41, 5.74) is 1.14. The number of nitrogens with zero attached hydrogens (tertiary/aromatic N) is 1. The van der Waals surface area contributed by atoms with Crippen molar-refractivity contribution in [2.75, 3.05) is 11.9 Å². The van der Waals surface area contributed by atoms with Gasteiger partial charge in [-0.05, 0) is 25.0 Å². The van der Waals surface area contributed by atoms with Crippen molar-refractivity contribution < 1.29 is 9.59 Å². The highest BCUT2D eigenvalue weighted by Gasteiger charge is 2.38. The molecule has 1 aromatic heterocycles. The molecule has 2 N–H and O–H groups in total. The summed E-state index contributed by atoms with van der Waals surface area (Å²) in [4.78, 5) is 28.5. The number of aryl methyl sites for hydroxylation is 1. The smallest absolute Gasteiger partial charge is 0.230 e. The highest BCUT2D eigenvalue weighted by molar-refractivity contribution is 6.06. The normalized spacial score (nSPS) is 21.5. The van der Waals surface area contributed by atoms with Crippen molar-refractivity contribution in [3.8, 4) is 0 Å². The zero-order valence-corrected chi connectivity index (χ0v) is 12.8. The third-order valence-corrected chi connectivity index (χ3v) is 4.36. The molecular weight excluding hydrogens is 278 g/mol. The molecule has 1 atom stereocenters. The molecule has 2 heterocycles. The Morgan fingerprint density at radius 2 is 2.18 bits per heavy atom. The number of aromatic nitrogens is 1. The van der Waals surface area contributed by atoms with E-state index in [0.717, 1.165) is 22.0 Å². The van der Waals surface area contributed by atoms with Gasteiger partial charge in [-0.3, -0.25) is 14.6 Å². The van der Waals surface area contributed by atoms with Crippen LogP contribution in [0.15, 0.2) is 30.6 Å². The number of benzene rings is 1. The molecule has 1 unspecified atom stereocenters. The number of carbonyl (C=O) groups is 2. The van der Waals surface area contributed by atoms with Gasteiger partial charge in [-0.15, -0.1) is 0 Å². The predicted molar refractivity (Wildman–Crippen MR) is 85.5 cm³/mol. The van der Waals surface area contributed by atoms with E-state index in [1.54, 1.807) is 12.4 Å². The molecule has 2 amide bonds. The van der Waals surface area contributed by atoms with E-state index < -0.39 is 5.41 Å². The van der Waals surface area contributed by atoms with Crippen LogP contribution in [-0.4, -0.2) is 23.3 Å². The first-order valence-corrected chi connectivity index (χ1v) is 7.41. The van der Waals surface area contributed by atoms with Gasteiger partial charge in [-0.2, -0.15) is 0 Å². The SMILES string of the molecule is Cc1ccc2cnccc2c1NC(=O)C1(C)CCNC(=O)C1. The largest absolute Gasteiger partial charge is 0.356 e. The molecule has 1 aliphatic rings. The summed E-state index contributed by atoms with van der Waals surface area (Å²) in [5.74, 6) is -0.169. The van der Waals surface area contributed by atoms with Crippen LogP contribution in [0.4, 0.5) is 5.69 Å². The van der Waals surface area contributed by atoms with Crippen molar-refractivity contribution in [1.29, 1.82) is 0 Å². The molecule has 5 heteroatoms. The Balaban J connectivity index is 1.94. The summed E-state index contributed by atoms with van der Waals surface area (Å²) in [6, 6.07) is 5.85. The van der Waals surface area contributed by atoms with Crippen LogP contribution < -0.4 is 10.6 Å². The van der Waals surface area contributed by atoms with E-state index in [1.807, 2.05) is 32.0 Å². The van der Waals surface area contributed by atoms with Gasteiger partial charge >= 0.3 is 0 Å². The minimum Gasteiger partial charge on any atom is -0.356 e. The lowest BCUT2D eigenvalue weighted by Gasteiger charge is -2.32. The number of piperidine rings is 1. The Kier molecular flexibility index (Phi) is 3.56. The second-order valence-corrected chi connectivity index (χ2v) is 6.15. The van der Waals surface area contributed by atoms with Gasteiger partial charge in [0.05, 0.1) is 11.1 Å². The minimum absolute atomic E-state index is 0.0669. The number of hydrogen-bond donors (Lipinski definition) is 2. The molecule has 0 aliphatic carbocycles. The van der Waals surface area contributed by atoms with Crippen molar-refractivity contribution in [3.05, 3.63) is 36.2 Å². The molecule has 0 spiro atoms. The van der Waals surface area contributed by atoms with Gasteiger partial charge in [-0.25, -0.2) is 0 Å². The summed E-state index contributed by atoms with van der Waals surface area (Å²) < 4.78 is 0. The zero-order valence-electron chi connectivity index (χ0n) is 12.8. The average molecular weight is 297 g/mol. The topological polar surface area (TPSA) is 71.1 Å². The van der Waals surface area contributed by atoms with E-state index in [2.05, 4.69) is 15.6 Å². The summed E-state index contributed by atoms with van der Waals surface area (Å²) in [6.45, 7) is 4.36. The number of fused-ring (bicyclic) bond motifs is 1. The number of hydrogen-bond acceptors (Lipinski definition) is 3. The molecule has 3 rings (SSSR count). The molecule has 22 heavy (non-hydrogen) atoms. The van der Waals surface area contributed by atoms with E-state index in [9.17, 15) is 9.59 Å². The monoisotopic (exact) mass is 297 g/mol. The van der Waals surface area contributed by atoms with Crippen LogP contribution in [0.25, 0.3) is 10.8 Å². The van der Waals surface area contributed by atoms with Gasteiger partial charge in [0.15, 0.2) is 0 Å². The maximum atomic E-state index is 12.7. The molecule has 1 fully saturated rings. The maximum Gasteiger partial charge on any atom is 0.230 e. The van der Waals surface area contributed by atoms with Crippen molar-refractivity contribution in [2.24, 2.45) is 5.41 Å². The Hall–Kier alpha value is -2.43. The quantitative estimate of drug-likeness (QED) is 0.894. The number of anilines is 1. The molecule has 0 saturated carbocycles. The Morgan fingerprint density at radius 1 is 1.36 bits per heavy atom. The van der Waals surface area contributed by atoms with Crippen LogP contribution >= 0.6 is 0 Å². The van der Waals surface area contributed by atoms with E-state index in [4.69, 9.17) is 0 Å². The third kappa shape index (κ3) is 2.54. The van der Waals surface area contributed by atoms with Crippen LogP contribution in [0.2, 0.25) is 0 Å². The summed E-state index contributed by atoms with van der Waals surface area (Å²) in [6.07, 6.45) is 4.37. The molecule has 5 nitrogen and oxygen atoms in total. The summed E-state index contributed by atoms with van der Waals surface area (Å²) in [7, 11) is 0. The first-order valence-electron chi connectivity index (χ1n) is 7.41. The number of pyridine rings is 1. The summed E-state index contributed by atoms with van der Waals surface area (Å²) >= 11 is 0. The van der Waals surface area contributed by atoms with E-state index in [0.29, 0.717) is 13.0 Å². The maximum absolute atomic E-state index is 12.7. The first-order chi connectivity index (χ1) is 10.5. The van der Waals surface area contributed by atoms with Gasteiger partial charge in [0.25, 0.3) is 0 Å². The Labute approximate surface area is 129 Å². The number of rotatable bonds is 2. The van der Waals surface area contributed by atoms with Crippen molar-refractivity contribution in [2.45, 2.75) is 26.7 Å². The molecule has 2 aromatic rings. The van der Waals surface area contributed by atoms with Crippen LogP contribution in [0.5, 0.6) is 0 Å².